The van der Waals surface area contributed by atoms with Gasteiger partial charge in [-0.05, 0) is 36.4 Å². The zero-order valence-corrected chi connectivity index (χ0v) is 20.1. The van der Waals surface area contributed by atoms with Gasteiger partial charge in [-0.3, -0.25) is 0 Å². The Bertz CT molecular complexity index is 1080. The van der Waals surface area contributed by atoms with Crippen molar-refractivity contribution in [3.05, 3.63) is 89.5 Å². The summed E-state index contributed by atoms with van der Waals surface area (Å²) in [7, 11) is 0. The van der Waals surface area contributed by atoms with E-state index in [1.54, 1.807) is 18.2 Å². The Labute approximate surface area is 205 Å². The van der Waals surface area contributed by atoms with E-state index >= 15 is 0 Å². The van der Waals surface area contributed by atoms with Crippen LogP contribution < -0.4 is 9.47 Å². The predicted octanol–water partition coefficient (Wildman–Crippen LogP) is 5.34. The number of aromatic carboxylic acids is 1. The fourth-order valence-electron chi connectivity index (χ4n) is 2.41. The highest BCUT2D eigenvalue weighted by Crippen LogP contribution is 2.25. The lowest BCUT2D eigenvalue weighted by Crippen LogP contribution is -2.15. The smallest absolute Gasteiger partial charge is 0.347 e. The highest BCUT2D eigenvalue weighted by Gasteiger charge is 2.21. The normalized spacial score (nSPS) is 9.74. The molecule has 160 valence electrons. The molecular weight excluding hydrogens is 630 g/mol. The quantitative estimate of drug-likeness (QED) is 0.167. The zero-order chi connectivity index (χ0) is 22.8. The highest BCUT2D eigenvalue weighted by molar-refractivity contribution is 14.2. The summed E-state index contributed by atoms with van der Waals surface area (Å²) in [5, 5.41) is 19.0. The third-order valence-corrected chi connectivity index (χ3v) is 3.75. The molecule has 0 aromatic heterocycles. The molecule has 0 heterocycles. The first-order chi connectivity index (χ1) is 14.9. The monoisotopic (exact) mass is 646 g/mol. The zero-order valence-electron chi connectivity index (χ0n) is 15.8. The standard InChI is InChI=1S/C21H14O7.CH2I2/c22-16-10-4-1-7-13(16)20(25)28-18-12-6-3-9-15(18)21(26)27-17-11-5-2-8-14(17)19(23)24;2-1-3/h1-12,22H,(H,23,24);1H2. The van der Waals surface area contributed by atoms with Crippen LogP contribution in [0.4, 0.5) is 0 Å². The van der Waals surface area contributed by atoms with E-state index in [9.17, 15) is 24.6 Å². The average molecular weight is 646 g/mol. The Balaban J connectivity index is 0.00000107. The number of benzene rings is 3. The molecule has 0 radical (unpaired) electrons. The molecule has 0 amide bonds. The number of halogens is 2. The molecule has 0 spiro atoms. The lowest BCUT2D eigenvalue weighted by molar-refractivity contribution is 0.0681. The minimum atomic E-state index is -1.25. The number of rotatable bonds is 5. The molecular formula is C22H16I2O7. The molecule has 0 fully saturated rings. The Kier molecular flexibility index (Phi) is 9.72. The van der Waals surface area contributed by atoms with Gasteiger partial charge in [-0.1, -0.05) is 81.6 Å². The van der Waals surface area contributed by atoms with Gasteiger partial charge in [0.2, 0.25) is 0 Å². The summed E-state index contributed by atoms with van der Waals surface area (Å²) >= 11 is 4.55. The fourth-order valence-corrected chi connectivity index (χ4v) is 2.41. The van der Waals surface area contributed by atoms with Gasteiger partial charge >= 0.3 is 17.9 Å². The lowest BCUT2D eigenvalue weighted by Gasteiger charge is -2.11. The number of hydrogen-bond donors (Lipinski definition) is 2. The van der Waals surface area contributed by atoms with Crippen LogP contribution in [-0.2, 0) is 0 Å². The van der Waals surface area contributed by atoms with Gasteiger partial charge in [0.1, 0.15) is 33.9 Å². The molecule has 9 heteroatoms. The van der Waals surface area contributed by atoms with Gasteiger partial charge in [0.05, 0.1) is 2.43 Å². The topological polar surface area (TPSA) is 110 Å². The second-order valence-electron chi connectivity index (χ2n) is 5.69. The van der Waals surface area contributed by atoms with Gasteiger partial charge in [-0.15, -0.1) is 0 Å². The highest BCUT2D eigenvalue weighted by atomic mass is 127. The number of phenols is 1. The van der Waals surface area contributed by atoms with E-state index in [4.69, 9.17) is 9.47 Å². The summed E-state index contributed by atoms with van der Waals surface area (Å²) in [6.07, 6.45) is 0. The van der Waals surface area contributed by atoms with Crippen molar-refractivity contribution in [2.24, 2.45) is 0 Å². The molecule has 0 atom stereocenters. The van der Waals surface area contributed by atoms with Crippen molar-refractivity contribution in [1.29, 1.82) is 0 Å². The van der Waals surface area contributed by atoms with Crippen LogP contribution in [0.1, 0.15) is 31.1 Å². The number of hydrogen-bond acceptors (Lipinski definition) is 6. The molecule has 0 bridgehead atoms. The number of carboxylic acids is 1. The maximum Gasteiger partial charge on any atom is 0.347 e. The third-order valence-electron chi connectivity index (χ3n) is 3.75. The van der Waals surface area contributed by atoms with E-state index in [1.807, 2.05) is 0 Å². The first-order valence-electron chi connectivity index (χ1n) is 8.64. The molecule has 0 aliphatic carbocycles. The van der Waals surface area contributed by atoms with E-state index < -0.39 is 17.9 Å². The first kappa shape index (κ1) is 24.6. The third kappa shape index (κ3) is 6.92. The minimum absolute atomic E-state index is 0.0677. The summed E-state index contributed by atoms with van der Waals surface area (Å²) in [6, 6.07) is 17.3. The maximum atomic E-state index is 12.5. The van der Waals surface area contributed by atoms with E-state index in [0.29, 0.717) is 0 Å². The van der Waals surface area contributed by atoms with E-state index in [0.717, 1.165) is 0 Å². The Morgan fingerprint density at radius 3 is 1.58 bits per heavy atom. The molecule has 3 aromatic rings. The van der Waals surface area contributed by atoms with E-state index in [-0.39, 0.29) is 33.9 Å². The largest absolute Gasteiger partial charge is 0.507 e. The van der Waals surface area contributed by atoms with Crippen molar-refractivity contribution in [2.45, 2.75) is 0 Å². The second-order valence-corrected chi connectivity index (χ2v) is 10.1. The first-order valence-corrected chi connectivity index (χ1v) is 11.7. The van der Waals surface area contributed by atoms with Crippen molar-refractivity contribution in [3.8, 4) is 17.2 Å². The molecule has 0 saturated carbocycles. The summed E-state index contributed by atoms with van der Waals surface area (Å²) in [5.41, 5.74) is -0.326. The average Bonchev–Trinajstić information content (AvgIpc) is 2.75. The van der Waals surface area contributed by atoms with Crippen LogP contribution in [0, 0.1) is 0 Å². The Hall–Kier alpha value is -2.67. The minimum Gasteiger partial charge on any atom is -0.507 e. The van der Waals surface area contributed by atoms with Crippen LogP contribution >= 0.6 is 45.2 Å². The number of carbonyl (C=O) groups excluding carboxylic acids is 2. The second kappa shape index (κ2) is 12.2. The molecule has 31 heavy (non-hydrogen) atoms. The number of carboxylic acid groups (broad SMARTS) is 1. The van der Waals surface area contributed by atoms with E-state index in [2.05, 4.69) is 45.2 Å². The fraction of sp³-hybridized carbons (Fsp3) is 0.0455. The van der Waals surface area contributed by atoms with E-state index in [1.165, 1.54) is 57.0 Å². The molecule has 0 aliphatic rings. The van der Waals surface area contributed by atoms with Crippen LogP contribution in [0.5, 0.6) is 17.2 Å². The summed E-state index contributed by atoms with van der Waals surface area (Å²) < 4.78 is 11.6. The van der Waals surface area contributed by atoms with Crippen LogP contribution in [0.3, 0.4) is 0 Å². The van der Waals surface area contributed by atoms with Crippen molar-refractivity contribution < 1.29 is 34.1 Å². The van der Waals surface area contributed by atoms with Gasteiger partial charge in [0.15, 0.2) is 0 Å². The molecule has 0 saturated heterocycles. The molecule has 2 N–H and O–H groups in total. The summed E-state index contributed by atoms with van der Waals surface area (Å²) in [6.45, 7) is 0. The van der Waals surface area contributed by atoms with Gasteiger partial charge in [-0.25, -0.2) is 14.4 Å². The number of phenolic OH excluding ortho intramolecular Hbond substituents is 1. The molecule has 3 aromatic carbocycles. The van der Waals surface area contributed by atoms with Crippen LogP contribution in [0.25, 0.3) is 0 Å². The van der Waals surface area contributed by atoms with Gasteiger partial charge in [0, 0.05) is 0 Å². The van der Waals surface area contributed by atoms with Crippen molar-refractivity contribution in [1.82, 2.24) is 0 Å². The number of aromatic hydroxyl groups is 1. The van der Waals surface area contributed by atoms with Crippen LogP contribution in [0.15, 0.2) is 72.8 Å². The molecule has 0 aliphatic heterocycles. The van der Waals surface area contributed by atoms with Gasteiger partial charge < -0.3 is 19.7 Å². The Morgan fingerprint density at radius 1 is 0.677 bits per heavy atom. The number of esters is 2. The molecule has 7 nitrogen and oxygen atoms in total. The number of para-hydroxylation sites is 3. The summed E-state index contributed by atoms with van der Waals surface area (Å²) in [5.74, 6) is -3.49. The predicted molar refractivity (Wildman–Crippen MR) is 131 cm³/mol. The Morgan fingerprint density at radius 2 is 1.06 bits per heavy atom. The molecule has 0 unspecified atom stereocenters. The number of carbonyl (C=O) groups is 3. The van der Waals surface area contributed by atoms with Crippen molar-refractivity contribution in [3.63, 3.8) is 0 Å². The van der Waals surface area contributed by atoms with Crippen molar-refractivity contribution >= 4 is 63.1 Å². The SMILES string of the molecule is ICI.O=C(Oc1ccccc1C(=O)Oc1ccccc1C(=O)O)c1ccccc1O. The number of ether oxygens (including phenoxy) is 2. The number of alkyl halides is 2. The summed E-state index contributed by atoms with van der Waals surface area (Å²) in [4.78, 5) is 36.1. The van der Waals surface area contributed by atoms with Crippen LogP contribution in [-0.4, -0.2) is 30.6 Å². The molecule has 3 rings (SSSR count). The van der Waals surface area contributed by atoms with Gasteiger partial charge in [0.25, 0.3) is 0 Å². The lowest BCUT2D eigenvalue weighted by atomic mass is 10.1. The maximum absolute atomic E-state index is 12.5. The van der Waals surface area contributed by atoms with Crippen LogP contribution in [0.2, 0.25) is 0 Å². The van der Waals surface area contributed by atoms with Crippen molar-refractivity contribution in [2.75, 3.05) is 2.43 Å². The van der Waals surface area contributed by atoms with Gasteiger partial charge in [-0.2, -0.15) is 0 Å².